The van der Waals surface area contributed by atoms with Crippen LogP contribution in [-0.2, 0) is 28.5 Å². The number of rotatable bonds is 44. The van der Waals surface area contributed by atoms with E-state index >= 15 is 0 Å². The van der Waals surface area contributed by atoms with E-state index in [9.17, 15) is 30.0 Å². The van der Waals surface area contributed by atoms with Crippen LogP contribution in [0.1, 0.15) is 226 Å². The topological polar surface area (TPSA) is 152 Å². The quantitative estimate of drug-likeness (QED) is 0.0264. The number of carbonyl (C=O) groups excluding carboxylic acids is 2. The van der Waals surface area contributed by atoms with Crippen LogP contribution in [0.3, 0.4) is 0 Å². The lowest BCUT2D eigenvalue weighted by Crippen LogP contribution is -2.59. The van der Waals surface area contributed by atoms with Gasteiger partial charge in [0.25, 0.3) is 0 Å². The van der Waals surface area contributed by atoms with Gasteiger partial charge in [-0.05, 0) is 57.8 Å². The molecule has 6 atom stereocenters. The minimum Gasteiger partial charge on any atom is -0.462 e. The zero-order valence-corrected chi connectivity index (χ0v) is 40.8. The lowest BCUT2D eigenvalue weighted by molar-refractivity contribution is -0.305. The molecule has 372 valence electrons. The van der Waals surface area contributed by atoms with E-state index in [1.807, 2.05) is 0 Å². The molecule has 4 N–H and O–H groups in total. The van der Waals surface area contributed by atoms with Crippen LogP contribution in [0.5, 0.6) is 0 Å². The molecule has 1 rings (SSSR count). The molecule has 0 aromatic heterocycles. The van der Waals surface area contributed by atoms with Crippen molar-refractivity contribution in [1.82, 2.24) is 0 Å². The number of esters is 2. The van der Waals surface area contributed by atoms with E-state index in [1.54, 1.807) is 0 Å². The summed E-state index contributed by atoms with van der Waals surface area (Å²) in [4.78, 5) is 25.5. The highest BCUT2D eigenvalue weighted by molar-refractivity contribution is 5.70. The largest absolute Gasteiger partial charge is 0.462 e. The molecule has 0 aliphatic carbocycles. The molecule has 0 spiro atoms. The monoisotopic (exact) mass is 905 g/mol. The van der Waals surface area contributed by atoms with Gasteiger partial charge in [0.2, 0.25) is 0 Å². The molecule has 1 saturated heterocycles. The first-order valence-corrected chi connectivity index (χ1v) is 26.2. The maximum absolute atomic E-state index is 12.8. The van der Waals surface area contributed by atoms with Crippen molar-refractivity contribution in [2.75, 3.05) is 19.8 Å². The summed E-state index contributed by atoms with van der Waals surface area (Å²) in [6, 6.07) is 0. The number of unbranched alkanes of at least 4 members (excludes halogenated alkanes) is 25. The minimum absolute atomic E-state index is 0.193. The number of hydrogen-bond acceptors (Lipinski definition) is 10. The Hall–Kier alpha value is -2.34. The summed E-state index contributed by atoms with van der Waals surface area (Å²) in [5.41, 5.74) is 0. The molecule has 0 bridgehead atoms. The molecule has 10 nitrogen and oxygen atoms in total. The SMILES string of the molecule is CCCCC/C=C/C/C=C/C/C=C/C/C=C/CCCCCC(=O)O[C@@H](COC(=O)CCCCCCCCCCCCCCCCCCCCCC)CO[C@H]1O[C@@H](CO)[C@@H](O)C(O)C1O. The van der Waals surface area contributed by atoms with Gasteiger partial charge in [-0.3, -0.25) is 9.59 Å². The fourth-order valence-electron chi connectivity index (χ4n) is 7.82. The van der Waals surface area contributed by atoms with Crippen LogP contribution < -0.4 is 0 Å². The second-order valence-corrected chi connectivity index (χ2v) is 18.0. The smallest absolute Gasteiger partial charge is 0.306 e. The van der Waals surface area contributed by atoms with Crippen LogP contribution in [-0.4, -0.2) is 89.0 Å². The second-order valence-electron chi connectivity index (χ2n) is 18.0. The molecule has 0 aromatic carbocycles. The van der Waals surface area contributed by atoms with Gasteiger partial charge < -0.3 is 39.4 Å². The van der Waals surface area contributed by atoms with Crippen molar-refractivity contribution >= 4 is 11.9 Å². The van der Waals surface area contributed by atoms with E-state index in [-0.39, 0.29) is 32.0 Å². The van der Waals surface area contributed by atoms with Gasteiger partial charge in [-0.25, -0.2) is 0 Å². The lowest BCUT2D eigenvalue weighted by atomic mass is 9.99. The number of aliphatic hydroxyl groups excluding tert-OH is 4. The van der Waals surface area contributed by atoms with Crippen LogP contribution in [0.2, 0.25) is 0 Å². The third kappa shape index (κ3) is 34.9. The Labute approximate surface area is 390 Å². The van der Waals surface area contributed by atoms with Crippen molar-refractivity contribution in [3.63, 3.8) is 0 Å². The fourth-order valence-corrected chi connectivity index (χ4v) is 7.82. The van der Waals surface area contributed by atoms with Crippen LogP contribution in [0, 0.1) is 0 Å². The first-order chi connectivity index (χ1) is 31.3. The minimum atomic E-state index is -1.60. The fraction of sp³-hybridized carbons (Fsp3) is 0.815. The van der Waals surface area contributed by atoms with Crippen molar-refractivity contribution in [2.45, 2.75) is 263 Å². The normalized spacial score (nSPS) is 19.8. The third-order valence-electron chi connectivity index (χ3n) is 12.0. The molecular formula is C54H96O10. The van der Waals surface area contributed by atoms with E-state index in [1.165, 1.54) is 135 Å². The van der Waals surface area contributed by atoms with Crippen LogP contribution in [0.15, 0.2) is 48.6 Å². The number of ether oxygens (including phenoxy) is 4. The summed E-state index contributed by atoms with van der Waals surface area (Å²) in [7, 11) is 0. The molecule has 0 amide bonds. The van der Waals surface area contributed by atoms with Crippen molar-refractivity contribution in [3.8, 4) is 0 Å². The van der Waals surface area contributed by atoms with Crippen molar-refractivity contribution < 1.29 is 49.0 Å². The van der Waals surface area contributed by atoms with E-state index in [0.717, 1.165) is 57.8 Å². The van der Waals surface area contributed by atoms with E-state index in [2.05, 4.69) is 62.5 Å². The molecule has 0 saturated carbocycles. The maximum atomic E-state index is 12.8. The highest BCUT2D eigenvalue weighted by atomic mass is 16.7. The number of aliphatic hydroxyl groups is 4. The van der Waals surface area contributed by atoms with E-state index in [0.29, 0.717) is 6.42 Å². The van der Waals surface area contributed by atoms with Crippen LogP contribution >= 0.6 is 0 Å². The molecule has 0 radical (unpaired) electrons. The average molecular weight is 905 g/mol. The zero-order valence-electron chi connectivity index (χ0n) is 40.8. The van der Waals surface area contributed by atoms with Crippen molar-refractivity contribution in [3.05, 3.63) is 48.6 Å². The zero-order chi connectivity index (χ0) is 46.6. The second kappa shape index (κ2) is 44.5. The third-order valence-corrected chi connectivity index (χ3v) is 12.0. The summed E-state index contributed by atoms with van der Waals surface area (Å²) in [5.74, 6) is -0.835. The molecule has 1 aliphatic heterocycles. The maximum Gasteiger partial charge on any atom is 0.306 e. The first kappa shape index (κ1) is 59.7. The lowest BCUT2D eigenvalue weighted by Gasteiger charge is -2.39. The molecule has 2 unspecified atom stereocenters. The van der Waals surface area contributed by atoms with Gasteiger partial charge in [0.15, 0.2) is 12.4 Å². The average Bonchev–Trinajstić information content (AvgIpc) is 3.29. The molecular weight excluding hydrogens is 809 g/mol. The van der Waals surface area contributed by atoms with Gasteiger partial charge in [0.1, 0.15) is 31.0 Å². The molecule has 1 heterocycles. The van der Waals surface area contributed by atoms with E-state index in [4.69, 9.17) is 18.9 Å². The number of allylic oxidation sites excluding steroid dienone is 8. The number of carbonyl (C=O) groups is 2. The van der Waals surface area contributed by atoms with Crippen molar-refractivity contribution in [2.24, 2.45) is 0 Å². The van der Waals surface area contributed by atoms with Gasteiger partial charge in [-0.2, -0.15) is 0 Å². The van der Waals surface area contributed by atoms with Gasteiger partial charge in [-0.15, -0.1) is 0 Å². The summed E-state index contributed by atoms with van der Waals surface area (Å²) in [6.45, 7) is 3.39. The first-order valence-electron chi connectivity index (χ1n) is 26.2. The predicted octanol–water partition coefficient (Wildman–Crippen LogP) is 12.4. The molecule has 0 aromatic rings. The van der Waals surface area contributed by atoms with Crippen LogP contribution in [0.4, 0.5) is 0 Å². The highest BCUT2D eigenvalue weighted by Gasteiger charge is 2.44. The highest BCUT2D eigenvalue weighted by Crippen LogP contribution is 2.23. The summed E-state index contributed by atoms with van der Waals surface area (Å²) < 4.78 is 22.2. The standard InChI is InChI=1S/C54H96O10/c1-3-5-7-9-11-13-15-17-19-21-23-25-26-28-30-32-34-36-38-40-42-49(56)61-45-47(46-62-54-53(60)52(59)51(58)48(44-55)64-54)63-50(57)43-41-39-37-35-33-31-29-27-24-22-20-18-16-14-12-10-8-6-4-2/h12,14,18,20,24,27,31,33,47-48,51-55,58-60H,3-11,13,15-17,19,21-23,25-26,28-30,32,34-46H2,1-2H3/b14-12+,20-18+,27-24+,33-31+/t47-,48-,51+,52?,53?,54-/m0/s1. The van der Waals surface area contributed by atoms with Gasteiger partial charge >= 0.3 is 11.9 Å². The van der Waals surface area contributed by atoms with Gasteiger partial charge in [0.05, 0.1) is 13.2 Å². The molecule has 10 heteroatoms. The molecule has 1 aliphatic rings. The Bertz CT molecular complexity index is 1180. The summed E-state index contributed by atoms with van der Waals surface area (Å²) >= 11 is 0. The van der Waals surface area contributed by atoms with Crippen LogP contribution in [0.25, 0.3) is 0 Å². The Morgan fingerprint density at radius 2 is 0.875 bits per heavy atom. The Balaban J connectivity index is 2.28. The van der Waals surface area contributed by atoms with E-state index < -0.39 is 49.4 Å². The molecule has 64 heavy (non-hydrogen) atoms. The number of hydrogen-bond donors (Lipinski definition) is 4. The Morgan fingerprint density at radius 3 is 1.34 bits per heavy atom. The Kier molecular flexibility index (Phi) is 41.5. The van der Waals surface area contributed by atoms with Gasteiger partial charge in [0, 0.05) is 12.8 Å². The van der Waals surface area contributed by atoms with Gasteiger partial charge in [-0.1, -0.05) is 204 Å². The van der Waals surface area contributed by atoms with Crippen molar-refractivity contribution in [1.29, 1.82) is 0 Å². The Morgan fingerprint density at radius 1 is 0.484 bits per heavy atom. The summed E-state index contributed by atoms with van der Waals surface area (Å²) in [5, 5.41) is 40.2. The summed E-state index contributed by atoms with van der Waals surface area (Å²) in [6.07, 6.45) is 46.9. The predicted molar refractivity (Wildman–Crippen MR) is 261 cm³/mol. The molecule has 1 fully saturated rings.